The lowest BCUT2D eigenvalue weighted by Gasteiger charge is -2.11. The summed E-state index contributed by atoms with van der Waals surface area (Å²) in [5.74, 6) is 0.0635. The Morgan fingerprint density at radius 1 is 1.13 bits per heavy atom. The maximum absolute atomic E-state index is 14.5. The van der Waals surface area contributed by atoms with Crippen LogP contribution in [0.15, 0.2) is 42.9 Å². The summed E-state index contributed by atoms with van der Waals surface area (Å²) in [5.41, 5.74) is 3.87. The predicted octanol–water partition coefficient (Wildman–Crippen LogP) is 3.49. The summed E-state index contributed by atoms with van der Waals surface area (Å²) in [6.45, 7) is 0. The maximum Gasteiger partial charge on any atom is 0.319 e. The van der Waals surface area contributed by atoms with Crippen LogP contribution in [0.1, 0.15) is 34.9 Å². The van der Waals surface area contributed by atoms with Crippen molar-refractivity contribution in [1.29, 1.82) is 5.26 Å². The fourth-order valence-corrected chi connectivity index (χ4v) is 3.91. The Balaban J connectivity index is 1.59. The topological polar surface area (TPSA) is 98.2 Å². The van der Waals surface area contributed by atoms with E-state index in [0.717, 1.165) is 12.0 Å². The fraction of sp³-hybridized carbons (Fsp3) is 0.227. The molecule has 3 aromatic heterocycles. The van der Waals surface area contributed by atoms with Crippen molar-refractivity contribution in [3.8, 4) is 29.2 Å². The van der Waals surface area contributed by atoms with Gasteiger partial charge in [0.05, 0.1) is 37.1 Å². The quantitative estimate of drug-likeness (QED) is 0.491. The molecular formula is C22H17FN6O2. The average molecular weight is 416 g/mol. The van der Waals surface area contributed by atoms with Crippen LogP contribution in [0.4, 0.5) is 4.39 Å². The Labute approximate surface area is 176 Å². The first-order valence-corrected chi connectivity index (χ1v) is 9.62. The molecule has 0 unspecified atom stereocenters. The Morgan fingerprint density at radius 2 is 1.97 bits per heavy atom. The summed E-state index contributed by atoms with van der Waals surface area (Å²) in [6, 6.07) is 8.67. The summed E-state index contributed by atoms with van der Waals surface area (Å²) >= 11 is 0. The predicted molar refractivity (Wildman–Crippen MR) is 108 cm³/mol. The number of fused-ring (bicyclic) bond motifs is 1. The molecule has 154 valence electrons. The van der Waals surface area contributed by atoms with Gasteiger partial charge in [-0.05, 0) is 48.1 Å². The molecule has 1 aromatic carbocycles. The van der Waals surface area contributed by atoms with Crippen molar-refractivity contribution in [2.75, 3.05) is 14.2 Å². The molecule has 0 saturated heterocycles. The first-order valence-electron chi connectivity index (χ1n) is 9.62. The SMILES string of the molecule is COc1ncc(-c2cc([C@@H]3C[C@H]3c3cc(C#N)ccc3F)c3nccn3n2)c(OC)n1. The molecule has 0 amide bonds. The lowest BCUT2D eigenvalue weighted by atomic mass is 10.0. The number of methoxy groups -OCH3 is 2. The third-order valence-corrected chi connectivity index (χ3v) is 5.49. The molecule has 1 fully saturated rings. The van der Waals surface area contributed by atoms with E-state index in [1.807, 2.05) is 6.07 Å². The van der Waals surface area contributed by atoms with Gasteiger partial charge in [0.15, 0.2) is 5.65 Å². The molecule has 4 aromatic rings. The zero-order chi connectivity index (χ0) is 21.5. The Kier molecular flexibility index (Phi) is 4.47. The third kappa shape index (κ3) is 3.22. The van der Waals surface area contributed by atoms with Crippen LogP contribution in [0.5, 0.6) is 11.9 Å². The van der Waals surface area contributed by atoms with E-state index < -0.39 is 0 Å². The molecule has 8 nitrogen and oxygen atoms in total. The largest absolute Gasteiger partial charge is 0.480 e. The minimum absolute atomic E-state index is 0.0296. The van der Waals surface area contributed by atoms with Crippen LogP contribution in [0.3, 0.4) is 0 Å². The average Bonchev–Trinajstić information content (AvgIpc) is 3.45. The number of halogens is 1. The van der Waals surface area contributed by atoms with Crippen LogP contribution >= 0.6 is 0 Å². The monoisotopic (exact) mass is 416 g/mol. The number of ether oxygens (including phenoxy) is 2. The molecule has 0 bridgehead atoms. The molecule has 0 radical (unpaired) electrons. The van der Waals surface area contributed by atoms with Crippen LogP contribution in [0, 0.1) is 17.1 Å². The minimum Gasteiger partial charge on any atom is -0.480 e. The first-order chi connectivity index (χ1) is 15.1. The summed E-state index contributed by atoms with van der Waals surface area (Å²) in [5, 5.41) is 13.8. The van der Waals surface area contributed by atoms with Crippen molar-refractivity contribution >= 4 is 5.65 Å². The molecule has 1 saturated carbocycles. The highest BCUT2D eigenvalue weighted by atomic mass is 19.1. The summed E-state index contributed by atoms with van der Waals surface area (Å²) < 4.78 is 26.6. The van der Waals surface area contributed by atoms with E-state index in [9.17, 15) is 9.65 Å². The number of hydrogen-bond donors (Lipinski definition) is 0. The van der Waals surface area contributed by atoms with E-state index in [0.29, 0.717) is 33.9 Å². The van der Waals surface area contributed by atoms with Gasteiger partial charge in [-0.15, -0.1) is 0 Å². The van der Waals surface area contributed by atoms with Crippen molar-refractivity contribution < 1.29 is 13.9 Å². The highest BCUT2D eigenvalue weighted by molar-refractivity contribution is 5.68. The number of rotatable bonds is 5. The van der Waals surface area contributed by atoms with Crippen molar-refractivity contribution in [2.24, 2.45) is 0 Å². The standard InChI is InChI=1S/C22H17FN6O2/c1-30-21-17(11-26-22(27-21)31-2)19-9-16(20-25-5-6-29(20)28-19)14-8-13(14)15-7-12(10-24)3-4-18(15)23/h3-7,9,11,13-14H,8H2,1-2H3/t13-,14-/m1/s1. The van der Waals surface area contributed by atoms with Gasteiger partial charge in [0.25, 0.3) is 0 Å². The van der Waals surface area contributed by atoms with Gasteiger partial charge in [0.1, 0.15) is 5.82 Å². The second-order valence-electron chi connectivity index (χ2n) is 7.26. The lowest BCUT2D eigenvalue weighted by molar-refractivity contribution is 0.353. The summed E-state index contributed by atoms with van der Waals surface area (Å²) in [6.07, 6.45) is 5.78. The smallest absolute Gasteiger partial charge is 0.319 e. The minimum atomic E-state index is -0.301. The van der Waals surface area contributed by atoms with Gasteiger partial charge in [-0.1, -0.05) is 0 Å². The zero-order valence-corrected chi connectivity index (χ0v) is 16.8. The molecule has 9 heteroatoms. The molecule has 1 aliphatic rings. The Bertz CT molecular complexity index is 1350. The molecule has 1 aliphatic carbocycles. The van der Waals surface area contributed by atoms with E-state index in [-0.39, 0.29) is 23.7 Å². The number of aromatic nitrogens is 5. The molecule has 5 rings (SSSR count). The van der Waals surface area contributed by atoms with Gasteiger partial charge in [-0.25, -0.2) is 18.9 Å². The van der Waals surface area contributed by atoms with Gasteiger partial charge < -0.3 is 9.47 Å². The maximum atomic E-state index is 14.5. The molecular weight excluding hydrogens is 399 g/mol. The second kappa shape index (κ2) is 7.32. The summed E-state index contributed by atoms with van der Waals surface area (Å²) in [7, 11) is 3.00. The van der Waals surface area contributed by atoms with Crippen molar-refractivity contribution in [3.63, 3.8) is 0 Å². The van der Waals surface area contributed by atoms with Crippen LogP contribution in [0.25, 0.3) is 16.9 Å². The molecule has 0 spiro atoms. The number of imidazole rings is 1. The number of benzene rings is 1. The van der Waals surface area contributed by atoms with Crippen LogP contribution in [0.2, 0.25) is 0 Å². The fourth-order valence-electron chi connectivity index (χ4n) is 3.91. The number of nitrogens with zero attached hydrogens (tertiary/aromatic N) is 6. The summed E-state index contributed by atoms with van der Waals surface area (Å²) in [4.78, 5) is 12.9. The van der Waals surface area contributed by atoms with E-state index in [1.165, 1.54) is 26.4 Å². The van der Waals surface area contributed by atoms with E-state index in [1.54, 1.807) is 29.2 Å². The van der Waals surface area contributed by atoms with Crippen LogP contribution < -0.4 is 9.47 Å². The highest BCUT2D eigenvalue weighted by Gasteiger charge is 2.43. The number of nitriles is 1. The van der Waals surface area contributed by atoms with Crippen LogP contribution in [-0.2, 0) is 0 Å². The van der Waals surface area contributed by atoms with E-state index >= 15 is 0 Å². The molecule has 0 aliphatic heterocycles. The Hall–Kier alpha value is -4.06. The molecule has 3 heterocycles. The van der Waals surface area contributed by atoms with Gasteiger partial charge in [0.2, 0.25) is 5.88 Å². The van der Waals surface area contributed by atoms with Gasteiger partial charge in [0, 0.05) is 24.2 Å². The lowest BCUT2D eigenvalue weighted by Crippen LogP contribution is -2.03. The normalized spacial score (nSPS) is 17.4. The first kappa shape index (κ1) is 18.9. The number of hydrogen-bond acceptors (Lipinski definition) is 7. The van der Waals surface area contributed by atoms with Gasteiger partial charge >= 0.3 is 6.01 Å². The zero-order valence-electron chi connectivity index (χ0n) is 16.8. The van der Waals surface area contributed by atoms with E-state index in [4.69, 9.17) is 9.47 Å². The Morgan fingerprint density at radius 3 is 2.74 bits per heavy atom. The van der Waals surface area contributed by atoms with Crippen molar-refractivity contribution in [3.05, 3.63) is 65.4 Å². The van der Waals surface area contributed by atoms with Crippen LogP contribution in [-0.4, -0.2) is 38.8 Å². The molecule has 31 heavy (non-hydrogen) atoms. The molecule has 0 N–H and O–H groups in total. The van der Waals surface area contributed by atoms with Crippen molar-refractivity contribution in [2.45, 2.75) is 18.3 Å². The third-order valence-electron chi connectivity index (χ3n) is 5.49. The highest BCUT2D eigenvalue weighted by Crippen LogP contribution is 2.56. The van der Waals surface area contributed by atoms with E-state index in [2.05, 4.69) is 26.1 Å². The van der Waals surface area contributed by atoms with Gasteiger partial charge in [-0.3, -0.25) is 0 Å². The van der Waals surface area contributed by atoms with Gasteiger partial charge in [-0.2, -0.15) is 15.3 Å². The van der Waals surface area contributed by atoms with Crippen molar-refractivity contribution in [1.82, 2.24) is 24.6 Å². The second-order valence-corrected chi connectivity index (χ2v) is 7.26. The molecule has 2 atom stereocenters.